The Hall–Kier alpha value is -1.42. The van der Waals surface area contributed by atoms with Crippen molar-refractivity contribution in [2.45, 2.75) is 6.04 Å². The molecule has 0 radical (unpaired) electrons. The Morgan fingerprint density at radius 3 is 2.27 bits per heavy atom. The molecule has 4 heteroatoms. The first-order chi connectivity index (χ1) is 5.09. The van der Waals surface area contributed by atoms with E-state index in [0.29, 0.717) is 17.1 Å². The van der Waals surface area contributed by atoms with Gasteiger partial charge in [0, 0.05) is 11.7 Å². The van der Waals surface area contributed by atoms with Crippen molar-refractivity contribution in [2.75, 3.05) is 0 Å². The fourth-order valence-corrected chi connectivity index (χ4v) is 0.885. The van der Waals surface area contributed by atoms with Crippen LogP contribution in [0.2, 0.25) is 0 Å². The summed E-state index contributed by atoms with van der Waals surface area (Å²) in [7, 11) is 0. The summed E-state index contributed by atoms with van der Waals surface area (Å²) in [5.41, 5.74) is 23.6. The second-order valence-electron chi connectivity index (χ2n) is 2.47. The second-order valence-corrected chi connectivity index (χ2v) is 2.47. The molecule has 0 bridgehead atoms. The fourth-order valence-electron chi connectivity index (χ4n) is 0.885. The maximum atomic E-state index is 5.58. The number of rotatable bonds is 0. The van der Waals surface area contributed by atoms with Crippen LogP contribution in [0.3, 0.4) is 0 Å². The average molecular weight is 152 g/mol. The molecule has 0 aromatic rings. The minimum absolute atomic E-state index is 0.243. The fraction of sp³-hybridized carbons (Fsp3) is 0.143. The molecule has 0 aliphatic heterocycles. The minimum Gasteiger partial charge on any atom is -0.399 e. The largest absolute Gasteiger partial charge is 0.399 e. The average Bonchev–Trinajstić information content (AvgIpc) is 1.93. The highest BCUT2D eigenvalue weighted by Crippen LogP contribution is 2.06. The molecule has 1 aliphatic rings. The van der Waals surface area contributed by atoms with Gasteiger partial charge in [-0.2, -0.15) is 0 Å². The van der Waals surface area contributed by atoms with Crippen LogP contribution in [-0.4, -0.2) is 6.04 Å². The topological polar surface area (TPSA) is 104 Å². The maximum Gasteiger partial charge on any atom is 0.0565 e. The summed E-state index contributed by atoms with van der Waals surface area (Å²) in [5.74, 6) is 0. The van der Waals surface area contributed by atoms with E-state index in [1.54, 1.807) is 18.2 Å². The van der Waals surface area contributed by atoms with Crippen LogP contribution in [0.15, 0.2) is 35.3 Å². The van der Waals surface area contributed by atoms with Crippen LogP contribution in [0.5, 0.6) is 0 Å². The quantitative estimate of drug-likeness (QED) is 0.352. The van der Waals surface area contributed by atoms with Crippen LogP contribution >= 0.6 is 0 Å². The van der Waals surface area contributed by atoms with Gasteiger partial charge in [-0.15, -0.1) is 0 Å². The molecule has 11 heavy (non-hydrogen) atoms. The molecule has 60 valence electrons. The van der Waals surface area contributed by atoms with Crippen molar-refractivity contribution in [3.8, 4) is 0 Å². The van der Waals surface area contributed by atoms with E-state index in [-0.39, 0.29) is 6.04 Å². The van der Waals surface area contributed by atoms with Gasteiger partial charge in [-0.25, -0.2) is 0 Å². The van der Waals surface area contributed by atoms with E-state index in [2.05, 4.69) is 0 Å². The van der Waals surface area contributed by atoms with Crippen molar-refractivity contribution in [1.29, 1.82) is 0 Å². The van der Waals surface area contributed by atoms with Gasteiger partial charge in [0.15, 0.2) is 0 Å². The number of hydrogen-bond donors (Lipinski definition) is 4. The first kappa shape index (κ1) is 7.68. The van der Waals surface area contributed by atoms with E-state index in [0.717, 1.165) is 0 Å². The lowest BCUT2D eigenvalue weighted by atomic mass is 10.2. The predicted molar refractivity (Wildman–Crippen MR) is 44.8 cm³/mol. The van der Waals surface area contributed by atoms with Gasteiger partial charge >= 0.3 is 0 Å². The zero-order valence-electron chi connectivity index (χ0n) is 6.12. The highest BCUT2D eigenvalue weighted by molar-refractivity contribution is 5.37. The summed E-state index contributed by atoms with van der Waals surface area (Å²) in [4.78, 5) is 0. The molecule has 0 aromatic carbocycles. The highest BCUT2D eigenvalue weighted by atomic mass is 14.7. The normalized spacial score (nSPS) is 24.8. The van der Waals surface area contributed by atoms with Gasteiger partial charge in [0.2, 0.25) is 0 Å². The standard InChI is InChI=1S/C7H12N4/c8-4-1-5(9)3-7(11)6(10)2-4/h1-4H,8-11H2. The van der Waals surface area contributed by atoms with E-state index in [1.165, 1.54) is 0 Å². The lowest BCUT2D eigenvalue weighted by Gasteiger charge is -1.99. The molecule has 4 nitrogen and oxygen atoms in total. The van der Waals surface area contributed by atoms with Crippen LogP contribution in [-0.2, 0) is 0 Å². The molecule has 0 amide bonds. The molecule has 1 rings (SSSR count). The smallest absolute Gasteiger partial charge is 0.0565 e. The van der Waals surface area contributed by atoms with Crippen molar-refractivity contribution in [3.05, 3.63) is 35.3 Å². The summed E-state index contributed by atoms with van der Waals surface area (Å²) in [6.45, 7) is 0. The Balaban J connectivity index is 3.01. The molecular formula is C7H12N4. The van der Waals surface area contributed by atoms with Gasteiger partial charge in [-0.1, -0.05) is 0 Å². The third kappa shape index (κ3) is 1.75. The lowest BCUT2D eigenvalue weighted by molar-refractivity contribution is 1.00. The predicted octanol–water partition coefficient (Wildman–Crippen LogP) is -1.14. The van der Waals surface area contributed by atoms with Gasteiger partial charge in [0.05, 0.1) is 11.4 Å². The molecule has 1 unspecified atom stereocenters. The van der Waals surface area contributed by atoms with Gasteiger partial charge in [0.25, 0.3) is 0 Å². The van der Waals surface area contributed by atoms with Crippen molar-refractivity contribution >= 4 is 0 Å². The summed E-state index contributed by atoms with van der Waals surface area (Å²) in [6.07, 6.45) is 4.94. The molecular weight excluding hydrogens is 140 g/mol. The minimum atomic E-state index is -0.243. The monoisotopic (exact) mass is 152 g/mol. The summed E-state index contributed by atoms with van der Waals surface area (Å²) in [5, 5.41) is 0. The SMILES string of the molecule is NC1=CC(N)C=C(N)C(N)=C1. The number of nitrogens with two attached hydrogens (primary N) is 4. The Kier molecular flexibility index (Phi) is 1.87. The Labute approximate surface area is 65.2 Å². The van der Waals surface area contributed by atoms with Crippen molar-refractivity contribution < 1.29 is 0 Å². The zero-order chi connectivity index (χ0) is 8.43. The number of hydrogen-bond acceptors (Lipinski definition) is 4. The Morgan fingerprint density at radius 2 is 1.64 bits per heavy atom. The number of allylic oxidation sites excluding steroid dienone is 1. The molecule has 8 N–H and O–H groups in total. The van der Waals surface area contributed by atoms with Gasteiger partial charge in [-0.3, -0.25) is 0 Å². The summed E-state index contributed by atoms with van der Waals surface area (Å²) >= 11 is 0. The van der Waals surface area contributed by atoms with Crippen LogP contribution < -0.4 is 22.9 Å². The Morgan fingerprint density at radius 1 is 1.00 bits per heavy atom. The third-order valence-electron chi connectivity index (χ3n) is 1.41. The van der Waals surface area contributed by atoms with E-state index < -0.39 is 0 Å². The van der Waals surface area contributed by atoms with Gasteiger partial charge in [0.1, 0.15) is 0 Å². The van der Waals surface area contributed by atoms with Gasteiger partial charge in [-0.05, 0) is 18.2 Å². The van der Waals surface area contributed by atoms with Crippen LogP contribution in [0.25, 0.3) is 0 Å². The maximum absolute atomic E-state index is 5.58. The summed E-state index contributed by atoms with van der Waals surface area (Å²) < 4.78 is 0. The van der Waals surface area contributed by atoms with E-state index >= 15 is 0 Å². The van der Waals surface area contributed by atoms with E-state index in [9.17, 15) is 0 Å². The second kappa shape index (κ2) is 2.67. The Bertz CT molecular complexity index is 249. The molecule has 0 fully saturated rings. The summed E-state index contributed by atoms with van der Waals surface area (Å²) in [6, 6.07) is -0.243. The molecule has 1 aliphatic carbocycles. The molecule has 1 atom stereocenters. The first-order valence-corrected chi connectivity index (χ1v) is 3.27. The van der Waals surface area contributed by atoms with Crippen LogP contribution in [0.4, 0.5) is 0 Å². The van der Waals surface area contributed by atoms with Crippen molar-refractivity contribution in [1.82, 2.24) is 0 Å². The lowest BCUT2D eigenvalue weighted by Crippen LogP contribution is -2.17. The van der Waals surface area contributed by atoms with Gasteiger partial charge < -0.3 is 22.9 Å². The van der Waals surface area contributed by atoms with E-state index in [1.807, 2.05) is 0 Å². The van der Waals surface area contributed by atoms with Crippen LogP contribution in [0.1, 0.15) is 0 Å². The van der Waals surface area contributed by atoms with Crippen molar-refractivity contribution in [3.63, 3.8) is 0 Å². The van der Waals surface area contributed by atoms with E-state index in [4.69, 9.17) is 22.9 Å². The molecule has 0 heterocycles. The molecule has 0 saturated heterocycles. The third-order valence-corrected chi connectivity index (χ3v) is 1.41. The first-order valence-electron chi connectivity index (χ1n) is 3.27. The highest BCUT2D eigenvalue weighted by Gasteiger charge is 2.04. The van der Waals surface area contributed by atoms with Crippen molar-refractivity contribution in [2.24, 2.45) is 22.9 Å². The molecule has 0 spiro atoms. The molecule has 0 saturated carbocycles. The van der Waals surface area contributed by atoms with Crippen LogP contribution in [0, 0.1) is 0 Å². The molecule has 0 aromatic heterocycles. The zero-order valence-corrected chi connectivity index (χ0v) is 6.12.